The Morgan fingerprint density at radius 2 is 2.21 bits per heavy atom. The smallest absolute Gasteiger partial charge is 0.133 e. The van der Waals surface area contributed by atoms with Gasteiger partial charge in [-0.3, -0.25) is 4.79 Å². The Labute approximate surface area is 97.7 Å². The number of Topliss-reactive ketones (excluding diaryl/α,β-unsaturated/α-hetero) is 1. The van der Waals surface area contributed by atoms with Crippen LogP contribution in [0.25, 0.3) is 0 Å². The lowest BCUT2D eigenvalue weighted by molar-refractivity contribution is -0.119. The first-order valence-electron chi connectivity index (χ1n) is 4.84. The van der Waals surface area contributed by atoms with Crippen LogP contribution in [-0.2, 0) is 11.2 Å². The quantitative estimate of drug-likeness (QED) is 0.792. The fourth-order valence-electron chi connectivity index (χ4n) is 1.31. The van der Waals surface area contributed by atoms with Crippen molar-refractivity contribution in [1.29, 1.82) is 0 Å². The number of hydrogen-bond acceptors (Lipinski definition) is 2. The Bertz CT molecular complexity index is 304. The average molecular weight is 275 g/mol. The van der Waals surface area contributed by atoms with E-state index in [1.165, 1.54) is 4.88 Å². The van der Waals surface area contributed by atoms with Gasteiger partial charge < -0.3 is 0 Å². The van der Waals surface area contributed by atoms with E-state index in [1.54, 1.807) is 11.3 Å². The molecule has 78 valence electrons. The summed E-state index contributed by atoms with van der Waals surface area (Å²) in [7, 11) is 0. The predicted molar refractivity (Wildman–Crippen MR) is 64.8 cm³/mol. The zero-order chi connectivity index (χ0) is 10.6. The third kappa shape index (κ3) is 4.38. The summed E-state index contributed by atoms with van der Waals surface area (Å²) in [5.41, 5.74) is 0. The van der Waals surface area contributed by atoms with Crippen LogP contribution in [0.2, 0.25) is 0 Å². The van der Waals surface area contributed by atoms with Gasteiger partial charge in [0.15, 0.2) is 0 Å². The van der Waals surface area contributed by atoms with Crippen LogP contribution < -0.4 is 0 Å². The van der Waals surface area contributed by atoms with Crippen LogP contribution in [0.5, 0.6) is 0 Å². The van der Waals surface area contributed by atoms with Gasteiger partial charge >= 0.3 is 0 Å². The normalized spacial score (nSPS) is 10.9. The largest absolute Gasteiger partial charge is 0.300 e. The monoisotopic (exact) mass is 274 g/mol. The van der Waals surface area contributed by atoms with Gasteiger partial charge in [-0.25, -0.2) is 0 Å². The molecule has 0 N–H and O–H groups in total. The summed E-state index contributed by atoms with van der Waals surface area (Å²) < 4.78 is 1.14. The number of carbonyl (C=O) groups is 1. The molecule has 0 bridgehead atoms. The van der Waals surface area contributed by atoms with Crippen molar-refractivity contribution >= 4 is 33.0 Å². The minimum atomic E-state index is 0.379. The summed E-state index contributed by atoms with van der Waals surface area (Å²) in [4.78, 5) is 12.7. The highest BCUT2D eigenvalue weighted by molar-refractivity contribution is 9.11. The standard InChI is InChI=1S/C11H15BrOS/c1-8(2)7-9(13)3-4-10-5-6-11(12)14-10/h5-6,8H,3-4,7H2,1-2H3. The van der Waals surface area contributed by atoms with Crippen LogP contribution in [-0.4, -0.2) is 5.78 Å². The Balaban J connectivity index is 2.30. The summed E-state index contributed by atoms with van der Waals surface area (Å²) >= 11 is 5.13. The highest BCUT2D eigenvalue weighted by Gasteiger charge is 2.06. The van der Waals surface area contributed by atoms with E-state index in [2.05, 4.69) is 35.8 Å². The van der Waals surface area contributed by atoms with E-state index in [0.717, 1.165) is 10.2 Å². The maximum absolute atomic E-state index is 11.4. The SMILES string of the molecule is CC(C)CC(=O)CCc1ccc(Br)s1. The van der Waals surface area contributed by atoms with Crippen molar-refractivity contribution in [2.24, 2.45) is 5.92 Å². The van der Waals surface area contributed by atoms with Gasteiger partial charge in [-0.05, 0) is 40.4 Å². The first-order chi connectivity index (χ1) is 6.58. The Morgan fingerprint density at radius 3 is 2.71 bits per heavy atom. The van der Waals surface area contributed by atoms with Crippen LogP contribution in [0.1, 0.15) is 31.6 Å². The second kappa shape index (κ2) is 5.66. The molecule has 0 radical (unpaired) electrons. The molecule has 1 heterocycles. The molecule has 0 aromatic carbocycles. The van der Waals surface area contributed by atoms with Crippen molar-refractivity contribution in [2.75, 3.05) is 0 Å². The Hall–Kier alpha value is -0.150. The molecule has 14 heavy (non-hydrogen) atoms. The van der Waals surface area contributed by atoms with Gasteiger partial charge in [-0.15, -0.1) is 11.3 Å². The van der Waals surface area contributed by atoms with Crippen molar-refractivity contribution in [2.45, 2.75) is 33.1 Å². The van der Waals surface area contributed by atoms with Crippen molar-refractivity contribution < 1.29 is 4.79 Å². The lowest BCUT2D eigenvalue weighted by atomic mass is 10.0. The molecule has 1 nitrogen and oxygen atoms in total. The van der Waals surface area contributed by atoms with E-state index >= 15 is 0 Å². The summed E-state index contributed by atoms with van der Waals surface area (Å²) in [6.07, 6.45) is 2.29. The highest BCUT2D eigenvalue weighted by atomic mass is 79.9. The van der Waals surface area contributed by atoms with E-state index < -0.39 is 0 Å². The molecule has 0 saturated carbocycles. The Kier molecular flexibility index (Phi) is 4.82. The number of rotatable bonds is 5. The molecule has 0 spiro atoms. The maximum atomic E-state index is 11.4. The number of thiophene rings is 1. The molecule has 0 unspecified atom stereocenters. The van der Waals surface area contributed by atoms with Gasteiger partial charge in [0, 0.05) is 17.7 Å². The summed E-state index contributed by atoms with van der Waals surface area (Å²) in [5, 5.41) is 0. The van der Waals surface area contributed by atoms with Gasteiger partial charge in [0.25, 0.3) is 0 Å². The topological polar surface area (TPSA) is 17.1 Å². The fourth-order valence-corrected chi connectivity index (χ4v) is 2.79. The third-order valence-corrected chi connectivity index (χ3v) is 3.60. The Morgan fingerprint density at radius 1 is 1.50 bits per heavy atom. The molecule has 0 atom stereocenters. The molecule has 1 rings (SSSR count). The van der Waals surface area contributed by atoms with Gasteiger partial charge in [0.1, 0.15) is 5.78 Å². The number of ketones is 1. The predicted octanol–water partition coefficient (Wildman–Crippen LogP) is 4.06. The van der Waals surface area contributed by atoms with E-state index in [4.69, 9.17) is 0 Å². The minimum Gasteiger partial charge on any atom is -0.300 e. The molecule has 3 heteroatoms. The van der Waals surface area contributed by atoms with Crippen LogP contribution in [0.3, 0.4) is 0 Å². The molecule has 0 saturated heterocycles. The molecule has 0 fully saturated rings. The van der Waals surface area contributed by atoms with Crippen molar-refractivity contribution in [3.05, 3.63) is 20.8 Å². The van der Waals surface area contributed by atoms with E-state index in [-0.39, 0.29) is 0 Å². The summed E-state index contributed by atoms with van der Waals surface area (Å²) in [6, 6.07) is 4.12. The highest BCUT2D eigenvalue weighted by Crippen LogP contribution is 2.23. The van der Waals surface area contributed by atoms with Crippen LogP contribution in [0.15, 0.2) is 15.9 Å². The first-order valence-corrected chi connectivity index (χ1v) is 6.45. The average Bonchev–Trinajstić information content (AvgIpc) is 2.47. The molecule has 0 aliphatic heterocycles. The molecule has 1 aromatic rings. The molecule has 0 aliphatic carbocycles. The maximum Gasteiger partial charge on any atom is 0.133 e. The van der Waals surface area contributed by atoms with Gasteiger partial charge in [0.05, 0.1) is 3.79 Å². The lowest BCUT2D eigenvalue weighted by Gasteiger charge is -2.02. The first kappa shape index (κ1) is 11.9. The van der Waals surface area contributed by atoms with Gasteiger partial charge in [-0.2, -0.15) is 0 Å². The molecule has 1 aromatic heterocycles. The van der Waals surface area contributed by atoms with Gasteiger partial charge in [-0.1, -0.05) is 13.8 Å². The minimum absolute atomic E-state index is 0.379. The fraction of sp³-hybridized carbons (Fsp3) is 0.545. The summed E-state index contributed by atoms with van der Waals surface area (Å²) in [5.74, 6) is 0.863. The van der Waals surface area contributed by atoms with Crippen molar-refractivity contribution in [3.63, 3.8) is 0 Å². The number of hydrogen-bond donors (Lipinski definition) is 0. The second-order valence-corrected chi connectivity index (χ2v) is 6.39. The molecular weight excluding hydrogens is 260 g/mol. The van der Waals surface area contributed by atoms with Crippen LogP contribution in [0.4, 0.5) is 0 Å². The van der Waals surface area contributed by atoms with E-state index in [0.29, 0.717) is 24.5 Å². The molecule has 0 amide bonds. The van der Waals surface area contributed by atoms with Crippen LogP contribution in [0, 0.1) is 5.92 Å². The van der Waals surface area contributed by atoms with Gasteiger partial charge in [0.2, 0.25) is 0 Å². The van der Waals surface area contributed by atoms with E-state index in [1.807, 2.05) is 6.07 Å². The molecular formula is C11H15BrOS. The number of carbonyl (C=O) groups excluding carboxylic acids is 1. The van der Waals surface area contributed by atoms with Crippen molar-refractivity contribution in [3.8, 4) is 0 Å². The summed E-state index contributed by atoms with van der Waals surface area (Å²) in [6.45, 7) is 4.17. The number of aryl methyl sites for hydroxylation is 1. The second-order valence-electron chi connectivity index (χ2n) is 3.84. The lowest BCUT2D eigenvalue weighted by Crippen LogP contribution is -2.03. The molecule has 0 aliphatic rings. The van der Waals surface area contributed by atoms with Crippen molar-refractivity contribution in [1.82, 2.24) is 0 Å². The zero-order valence-corrected chi connectivity index (χ0v) is 11.0. The van der Waals surface area contributed by atoms with E-state index in [9.17, 15) is 4.79 Å². The third-order valence-electron chi connectivity index (χ3n) is 1.92. The number of halogens is 1. The van der Waals surface area contributed by atoms with Crippen LogP contribution >= 0.6 is 27.3 Å². The zero-order valence-electron chi connectivity index (χ0n) is 8.55.